The maximum atomic E-state index is 6.17. The first-order valence-corrected chi connectivity index (χ1v) is 1.21. The molecule has 0 nitrogen and oxygen atoms in total. The van der Waals surface area contributed by atoms with Gasteiger partial charge >= 0.3 is 31.1 Å². The molecule has 0 aromatic rings. The van der Waals surface area contributed by atoms with E-state index in [1.165, 1.54) is 0 Å². The predicted octanol–water partition coefficient (Wildman–Crippen LogP) is 0.556. The summed E-state index contributed by atoms with van der Waals surface area (Å²) in [6.07, 6.45) is 12.6. The van der Waals surface area contributed by atoms with Gasteiger partial charge in [-0.3, -0.25) is 0 Å². The van der Waals surface area contributed by atoms with Crippen molar-refractivity contribution < 1.29 is 0 Å². The van der Waals surface area contributed by atoms with Crippen LogP contribution in [-0.4, -0.2) is 0 Å². The Morgan fingerprint density at radius 2 is 2.40 bits per heavy atom. The fourth-order valence-corrected chi connectivity index (χ4v) is 0.0442. The van der Waals surface area contributed by atoms with Crippen LogP contribution in [0.15, 0.2) is 0 Å². The van der Waals surface area contributed by atoms with E-state index in [2.05, 4.69) is 0 Å². The SMILES string of the molecule is [C+]#CCC#[C-]. The summed E-state index contributed by atoms with van der Waals surface area (Å²) in [5.74, 6) is 3.94. The third-order valence-corrected chi connectivity index (χ3v) is 0.177. The van der Waals surface area contributed by atoms with E-state index < -0.39 is 0 Å². The number of hydrogen-bond donors (Lipinski definition) is 0. The molecule has 0 rings (SSSR count). The van der Waals surface area contributed by atoms with Gasteiger partial charge in [0.15, 0.2) is 0 Å². The van der Waals surface area contributed by atoms with Gasteiger partial charge in [0, 0.05) is 0 Å². The number of hydrogen-bond acceptors (Lipinski definition) is 0. The van der Waals surface area contributed by atoms with Crippen LogP contribution in [0.1, 0.15) is 6.42 Å². The molecule has 0 heteroatoms. The topological polar surface area (TPSA) is 0 Å². The van der Waals surface area contributed by atoms with Crippen LogP contribution in [0.5, 0.6) is 0 Å². The molecule has 5 heavy (non-hydrogen) atoms. The van der Waals surface area contributed by atoms with Crippen molar-refractivity contribution >= 4 is 0 Å². The molecule has 0 aliphatic rings. The van der Waals surface area contributed by atoms with E-state index in [4.69, 9.17) is 12.8 Å². The van der Waals surface area contributed by atoms with E-state index in [9.17, 15) is 0 Å². The second kappa shape index (κ2) is 3.34. The molecule has 0 aromatic heterocycles. The zero-order valence-electron chi connectivity index (χ0n) is 2.71. The molecule has 0 heterocycles. The molecule has 0 unspecified atom stereocenters. The predicted molar refractivity (Wildman–Crippen MR) is 18.9 cm³/mol. The Bertz CT molecular complexity index is 65.2. The Morgan fingerprint density at radius 1 is 1.80 bits per heavy atom. The van der Waals surface area contributed by atoms with Crippen LogP contribution in [0, 0.1) is 24.7 Å². The van der Waals surface area contributed by atoms with Crippen molar-refractivity contribution in [3.05, 3.63) is 12.8 Å². The van der Waals surface area contributed by atoms with Gasteiger partial charge in [0.25, 0.3) is 0 Å². The normalized spacial score (nSPS) is 5.00. The summed E-state index contributed by atoms with van der Waals surface area (Å²) in [7, 11) is 0. The van der Waals surface area contributed by atoms with Gasteiger partial charge in [0.05, 0.1) is 0 Å². The standard InChI is InChI=1S/C5H2/c1-3-5-4-2/h5H2. The van der Waals surface area contributed by atoms with Crippen molar-refractivity contribution in [1.29, 1.82) is 0 Å². The Labute approximate surface area is 32.2 Å². The van der Waals surface area contributed by atoms with Gasteiger partial charge in [-0.15, -0.1) is 0 Å². The van der Waals surface area contributed by atoms with Crippen LogP contribution in [0.3, 0.4) is 0 Å². The average Bonchev–Trinajstić information content (AvgIpc) is 1.41. The third-order valence-electron chi connectivity index (χ3n) is 0.177. The van der Waals surface area contributed by atoms with Crippen LogP contribution in [-0.2, 0) is 0 Å². The summed E-state index contributed by atoms with van der Waals surface area (Å²) in [5.41, 5.74) is 0. The minimum absolute atomic E-state index is 0.222. The summed E-state index contributed by atoms with van der Waals surface area (Å²) in [6.45, 7) is 0. The van der Waals surface area contributed by atoms with E-state index in [0.29, 0.717) is 0 Å². The monoisotopic (exact) mass is 62.0 g/mol. The fraction of sp³-hybridized carbons (Fsp3) is 0.200. The molecule has 0 N–H and O–H groups in total. The summed E-state index contributed by atoms with van der Waals surface area (Å²) in [4.78, 5) is 0. The molecular weight excluding hydrogens is 60.1 g/mol. The maximum absolute atomic E-state index is 6.17. The zero-order valence-corrected chi connectivity index (χ0v) is 2.71. The van der Waals surface area contributed by atoms with Crippen LogP contribution in [0.2, 0.25) is 0 Å². The molecule has 0 fully saturated rings. The van der Waals surface area contributed by atoms with Crippen LogP contribution < -0.4 is 0 Å². The molecule has 0 aliphatic heterocycles. The van der Waals surface area contributed by atoms with Crippen molar-refractivity contribution in [2.24, 2.45) is 0 Å². The van der Waals surface area contributed by atoms with Gasteiger partial charge in [-0.2, -0.15) is 0 Å². The molecular formula is C5H2. The molecule has 22 valence electrons. The van der Waals surface area contributed by atoms with Gasteiger partial charge < -0.3 is 0 Å². The van der Waals surface area contributed by atoms with Gasteiger partial charge in [-0.25, -0.2) is 0 Å². The van der Waals surface area contributed by atoms with Crippen molar-refractivity contribution in [2.45, 2.75) is 6.42 Å². The molecule has 0 radical (unpaired) electrons. The average molecular weight is 62.1 g/mol. The van der Waals surface area contributed by atoms with E-state index in [1.807, 2.05) is 11.8 Å². The van der Waals surface area contributed by atoms with E-state index in [0.717, 1.165) is 0 Å². The Balaban J connectivity index is 2.86. The molecule has 0 atom stereocenters. The van der Waals surface area contributed by atoms with E-state index >= 15 is 0 Å². The van der Waals surface area contributed by atoms with Gasteiger partial charge in [-0.1, -0.05) is 0 Å². The fourth-order valence-electron chi connectivity index (χ4n) is 0.0442. The first kappa shape index (κ1) is 4.34. The summed E-state index contributed by atoms with van der Waals surface area (Å²) in [5, 5.41) is 0. The second-order valence-corrected chi connectivity index (χ2v) is 0.530. The number of rotatable bonds is 0. The van der Waals surface area contributed by atoms with Crippen LogP contribution >= 0.6 is 0 Å². The van der Waals surface area contributed by atoms with Gasteiger partial charge in [0.1, 0.15) is 0 Å². The quantitative estimate of drug-likeness (QED) is 0.284. The first-order valence-electron chi connectivity index (χ1n) is 1.21. The second-order valence-electron chi connectivity index (χ2n) is 0.530. The molecule has 0 aromatic carbocycles. The Hall–Kier alpha value is -0.660. The third kappa shape index (κ3) is 3.34. The molecule has 0 amide bonds. The van der Waals surface area contributed by atoms with Crippen molar-refractivity contribution in [3.63, 3.8) is 0 Å². The molecule has 0 bridgehead atoms. The van der Waals surface area contributed by atoms with Crippen molar-refractivity contribution in [3.8, 4) is 11.8 Å². The van der Waals surface area contributed by atoms with E-state index in [-0.39, 0.29) is 6.42 Å². The molecule has 0 saturated carbocycles. The van der Waals surface area contributed by atoms with Gasteiger partial charge in [-0.05, 0) is 0 Å². The van der Waals surface area contributed by atoms with Crippen LogP contribution in [0.25, 0.3) is 0 Å². The molecule has 0 aliphatic carbocycles. The molecule has 0 spiro atoms. The van der Waals surface area contributed by atoms with Crippen LogP contribution in [0.4, 0.5) is 0 Å². The Kier molecular flexibility index (Phi) is 2.90. The minimum atomic E-state index is 0.222. The van der Waals surface area contributed by atoms with E-state index in [1.54, 1.807) is 0 Å². The van der Waals surface area contributed by atoms with Gasteiger partial charge in [0.2, 0.25) is 0 Å². The summed E-state index contributed by atoms with van der Waals surface area (Å²) < 4.78 is 0. The molecule has 0 saturated heterocycles. The Morgan fingerprint density at radius 3 is 2.40 bits per heavy atom. The van der Waals surface area contributed by atoms with Crippen molar-refractivity contribution in [1.82, 2.24) is 0 Å². The van der Waals surface area contributed by atoms with Crippen molar-refractivity contribution in [2.75, 3.05) is 0 Å². The zero-order chi connectivity index (χ0) is 4.12. The summed E-state index contributed by atoms with van der Waals surface area (Å²) in [6, 6.07) is 0. The first-order chi connectivity index (χ1) is 2.41. The summed E-state index contributed by atoms with van der Waals surface area (Å²) >= 11 is 0.